The Morgan fingerprint density at radius 1 is 0.622 bits per heavy atom. The molecule has 0 spiro atoms. The van der Waals surface area contributed by atoms with Gasteiger partial charge in [0.2, 0.25) is 11.7 Å². The van der Waals surface area contributed by atoms with E-state index in [4.69, 9.17) is 15.0 Å². The Hall–Kier alpha value is -5.40. The summed E-state index contributed by atoms with van der Waals surface area (Å²) < 4.78 is 4.06. The second kappa shape index (κ2) is 13.5. The van der Waals surface area contributed by atoms with Gasteiger partial charge in [0.1, 0.15) is 0 Å². The summed E-state index contributed by atoms with van der Waals surface area (Å²) in [4.78, 5) is 17.7. The van der Waals surface area contributed by atoms with Crippen molar-refractivity contribution >= 4 is 45.4 Å². The molecule has 222 valence electrons. The quantitative estimate of drug-likeness (QED) is 0.107. The van der Waals surface area contributed by atoms with Gasteiger partial charge in [0.05, 0.1) is 31.3 Å². The fourth-order valence-electron chi connectivity index (χ4n) is 4.93. The number of benzene rings is 5. The molecule has 0 N–H and O–H groups in total. The first kappa shape index (κ1) is 29.7. The average molecular weight is 608 g/mol. The SMILES string of the molecule is Cc1ccc(N=C(N=c2n(C)sc(N=C(c3ccccc3)N(c3ccccc3)c3ccc(C)cc3)[n+]2C)c2ccccc2)cc1. The predicted molar refractivity (Wildman–Crippen MR) is 186 cm³/mol. The van der Waals surface area contributed by atoms with Crippen LogP contribution in [0.1, 0.15) is 22.3 Å². The number of amidine groups is 2. The molecule has 0 unspecified atom stereocenters. The molecule has 0 fully saturated rings. The van der Waals surface area contributed by atoms with Crippen LogP contribution in [0.25, 0.3) is 0 Å². The van der Waals surface area contributed by atoms with Gasteiger partial charge in [-0.3, -0.25) is 4.90 Å². The highest BCUT2D eigenvalue weighted by Crippen LogP contribution is 2.30. The van der Waals surface area contributed by atoms with Crippen LogP contribution in [0, 0.1) is 13.8 Å². The van der Waals surface area contributed by atoms with Crippen LogP contribution in [-0.4, -0.2) is 15.6 Å². The molecule has 1 heterocycles. The maximum atomic E-state index is 5.36. The minimum absolute atomic E-state index is 0.632. The lowest BCUT2D eigenvalue weighted by Gasteiger charge is -2.25. The number of aryl methyl sites for hydroxylation is 3. The number of para-hydroxylation sites is 1. The average Bonchev–Trinajstić information content (AvgIpc) is 3.34. The highest BCUT2D eigenvalue weighted by atomic mass is 32.1. The van der Waals surface area contributed by atoms with Crippen LogP contribution in [0.2, 0.25) is 0 Å². The lowest BCUT2D eigenvalue weighted by atomic mass is 10.1. The lowest BCUT2D eigenvalue weighted by Crippen LogP contribution is -2.47. The molecule has 0 bridgehead atoms. The van der Waals surface area contributed by atoms with Gasteiger partial charge in [0.25, 0.3) is 0 Å². The number of rotatable bonds is 6. The van der Waals surface area contributed by atoms with Gasteiger partial charge in [-0.05, 0) is 50.2 Å². The van der Waals surface area contributed by atoms with Crippen LogP contribution >= 0.6 is 11.5 Å². The number of aliphatic imine (C=N–C) groups is 2. The maximum absolute atomic E-state index is 5.36. The summed E-state index contributed by atoms with van der Waals surface area (Å²) >= 11 is 1.54. The minimum Gasteiger partial charge on any atom is -0.284 e. The number of anilines is 2. The summed E-state index contributed by atoms with van der Waals surface area (Å²) in [5, 5.41) is 0.797. The van der Waals surface area contributed by atoms with E-state index in [1.807, 2.05) is 89.3 Å². The first-order valence-corrected chi connectivity index (χ1v) is 15.6. The monoisotopic (exact) mass is 607 g/mol. The molecule has 6 rings (SSSR count). The molecule has 0 saturated heterocycles. The van der Waals surface area contributed by atoms with E-state index in [1.54, 1.807) is 0 Å². The van der Waals surface area contributed by atoms with Crippen LogP contribution in [-0.2, 0) is 14.1 Å². The third-order valence-electron chi connectivity index (χ3n) is 7.35. The fourth-order valence-corrected chi connectivity index (χ4v) is 5.75. The topological polar surface area (TPSA) is 49.1 Å². The molecular formula is C38H35N6S+. The Morgan fingerprint density at radius 3 is 1.73 bits per heavy atom. The summed E-state index contributed by atoms with van der Waals surface area (Å²) in [5.74, 6) is 1.44. The van der Waals surface area contributed by atoms with E-state index in [0.717, 1.165) is 44.8 Å². The smallest absolute Gasteiger partial charge is 0.284 e. The third kappa shape index (κ3) is 6.89. The van der Waals surface area contributed by atoms with Gasteiger partial charge in [0, 0.05) is 22.5 Å². The van der Waals surface area contributed by atoms with Crippen molar-refractivity contribution in [1.29, 1.82) is 0 Å². The molecule has 6 nitrogen and oxygen atoms in total. The Labute approximate surface area is 268 Å². The second-order valence-electron chi connectivity index (χ2n) is 10.8. The van der Waals surface area contributed by atoms with E-state index in [1.165, 1.54) is 22.7 Å². The molecule has 0 saturated carbocycles. The van der Waals surface area contributed by atoms with E-state index < -0.39 is 0 Å². The van der Waals surface area contributed by atoms with E-state index >= 15 is 0 Å². The van der Waals surface area contributed by atoms with E-state index in [9.17, 15) is 0 Å². The number of hydrogen-bond donors (Lipinski definition) is 0. The van der Waals surface area contributed by atoms with Crippen molar-refractivity contribution in [3.05, 3.63) is 167 Å². The van der Waals surface area contributed by atoms with Crippen molar-refractivity contribution < 1.29 is 4.57 Å². The number of hydrogen-bond acceptors (Lipinski definition) is 3. The molecule has 0 radical (unpaired) electrons. The second-order valence-corrected chi connectivity index (χ2v) is 11.9. The van der Waals surface area contributed by atoms with Crippen LogP contribution in [0.3, 0.4) is 0 Å². The van der Waals surface area contributed by atoms with Gasteiger partial charge >= 0.3 is 10.7 Å². The lowest BCUT2D eigenvalue weighted by molar-refractivity contribution is -0.673. The summed E-state index contributed by atoms with van der Waals surface area (Å²) in [6.45, 7) is 4.18. The van der Waals surface area contributed by atoms with Crippen molar-refractivity contribution in [3.8, 4) is 0 Å². The molecular weight excluding hydrogens is 573 g/mol. The standard InChI is InChI=1S/C38H35N6S/c1-28-20-24-32(25-21-28)39-35(30-14-8-5-9-15-30)40-37-42(3)38(45-43(37)4)41-36(31-16-10-6-11-17-31)44(33-18-12-7-13-19-33)34-26-22-29(2)23-27-34/h5-27H,1-4H3/q+1. The van der Waals surface area contributed by atoms with Crippen molar-refractivity contribution in [2.45, 2.75) is 13.8 Å². The fraction of sp³-hybridized carbons (Fsp3) is 0.105. The van der Waals surface area contributed by atoms with Gasteiger partial charge in [-0.1, -0.05) is 119 Å². The van der Waals surface area contributed by atoms with Crippen LogP contribution in [0.15, 0.2) is 155 Å². The molecule has 0 aliphatic rings. The molecule has 0 atom stereocenters. The molecule has 5 aromatic carbocycles. The van der Waals surface area contributed by atoms with Crippen LogP contribution in [0.4, 0.5) is 22.2 Å². The largest absolute Gasteiger partial charge is 0.367 e. The molecule has 0 aliphatic carbocycles. The maximum Gasteiger partial charge on any atom is 0.367 e. The highest BCUT2D eigenvalue weighted by molar-refractivity contribution is 7.09. The molecule has 0 aliphatic heterocycles. The molecule has 0 amide bonds. The zero-order valence-electron chi connectivity index (χ0n) is 25.9. The van der Waals surface area contributed by atoms with Crippen molar-refractivity contribution in [3.63, 3.8) is 0 Å². The minimum atomic E-state index is 0.632. The first-order valence-electron chi connectivity index (χ1n) is 14.8. The van der Waals surface area contributed by atoms with E-state index in [-0.39, 0.29) is 0 Å². The summed E-state index contributed by atoms with van der Waals surface area (Å²) in [7, 11) is 4.01. The molecule has 1 aromatic heterocycles. The Bertz CT molecular complexity index is 2010. The summed E-state index contributed by atoms with van der Waals surface area (Å²) in [5.41, 5.74) is 7.97. The zero-order valence-corrected chi connectivity index (χ0v) is 26.7. The molecule has 7 heteroatoms. The van der Waals surface area contributed by atoms with Gasteiger partial charge in [-0.25, -0.2) is 9.56 Å². The van der Waals surface area contributed by atoms with Gasteiger partial charge in [0.15, 0.2) is 0 Å². The number of aromatic nitrogens is 2. The van der Waals surface area contributed by atoms with E-state index in [2.05, 4.69) is 91.5 Å². The van der Waals surface area contributed by atoms with Gasteiger partial charge < -0.3 is 0 Å². The summed E-state index contributed by atoms with van der Waals surface area (Å²) in [6.07, 6.45) is 0. The normalized spacial score (nSPS) is 12.4. The van der Waals surface area contributed by atoms with Crippen molar-refractivity contribution in [2.24, 2.45) is 29.1 Å². The van der Waals surface area contributed by atoms with Crippen LogP contribution in [0.5, 0.6) is 0 Å². The first-order chi connectivity index (χ1) is 22.0. The molecule has 45 heavy (non-hydrogen) atoms. The Balaban J connectivity index is 1.54. The zero-order chi connectivity index (χ0) is 31.2. The Morgan fingerprint density at radius 2 is 1.13 bits per heavy atom. The third-order valence-corrected chi connectivity index (χ3v) is 8.31. The van der Waals surface area contributed by atoms with Crippen molar-refractivity contribution in [2.75, 3.05) is 4.90 Å². The van der Waals surface area contributed by atoms with Gasteiger partial charge in [-0.15, -0.1) is 4.99 Å². The predicted octanol–water partition coefficient (Wildman–Crippen LogP) is 8.12. The molecule has 6 aromatic rings. The Kier molecular flexibility index (Phi) is 8.89. The summed E-state index contributed by atoms with van der Waals surface area (Å²) in [6, 6.07) is 47.5. The number of nitrogens with zero attached hydrogens (tertiary/aromatic N) is 6. The van der Waals surface area contributed by atoms with Gasteiger partial charge in [-0.2, -0.15) is 3.96 Å². The highest BCUT2D eigenvalue weighted by Gasteiger charge is 2.24. The van der Waals surface area contributed by atoms with E-state index in [0.29, 0.717) is 5.84 Å². The van der Waals surface area contributed by atoms with Crippen LogP contribution < -0.4 is 15.1 Å². The van der Waals surface area contributed by atoms with Crippen molar-refractivity contribution in [1.82, 2.24) is 3.96 Å².